The molecule has 5 rings (SSSR count). The molecule has 3 amide bonds. The van der Waals surface area contributed by atoms with Crippen LogP contribution in [0.15, 0.2) is 91.0 Å². The van der Waals surface area contributed by atoms with E-state index in [1.54, 1.807) is 4.90 Å². The Labute approximate surface area is 236 Å². The number of hydrogen-bond acceptors (Lipinski definition) is 4. The molecule has 7 heteroatoms. The quantitative estimate of drug-likeness (QED) is 0.325. The van der Waals surface area contributed by atoms with Gasteiger partial charge in [0.2, 0.25) is 5.91 Å². The van der Waals surface area contributed by atoms with E-state index < -0.39 is 5.41 Å². The molecule has 0 saturated carbocycles. The van der Waals surface area contributed by atoms with Crippen LogP contribution < -0.4 is 10.6 Å². The number of para-hydroxylation sites is 1. The molecule has 7 nitrogen and oxygen atoms in total. The van der Waals surface area contributed by atoms with Crippen molar-refractivity contribution in [2.24, 2.45) is 0 Å². The number of likely N-dealkylation sites (N-methyl/N-ethyl adjacent to an activating group) is 1. The van der Waals surface area contributed by atoms with E-state index in [0.29, 0.717) is 6.42 Å². The summed E-state index contributed by atoms with van der Waals surface area (Å²) in [7, 11) is 3.65. The van der Waals surface area contributed by atoms with Gasteiger partial charge in [0.25, 0.3) is 0 Å². The Bertz CT molecular complexity index is 1430. The third kappa shape index (κ3) is 5.70. The molecule has 0 bridgehead atoms. The molecule has 206 valence electrons. The van der Waals surface area contributed by atoms with E-state index in [0.717, 1.165) is 59.5 Å². The molecule has 0 unspecified atom stereocenters. The number of fused-ring (bicyclic) bond motifs is 1. The Morgan fingerprint density at radius 2 is 1.57 bits per heavy atom. The summed E-state index contributed by atoms with van der Waals surface area (Å²) in [6.45, 7) is 4.26. The molecule has 4 aromatic rings. The molecule has 1 aliphatic heterocycles. The number of pyridine rings is 1. The summed E-state index contributed by atoms with van der Waals surface area (Å²) in [6.07, 6.45) is 1.49. The molecule has 40 heavy (non-hydrogen) atoms. The van der Waals surface area contributed by atoms with Crippen molar-refractivity contribution in [2.75, 3.05) is 39.0 Å². The molecule has 0 spiro atoms. The van der Waals surface area contributed by atoms with Gasteiger partial charge < -0.3 is 20.4 Å². The smallest absolute Gasteiger partial charge is 0.319 e. The fraction of sp³-hybridized carbons (Fsp3) is 0.303. The normalized spacial score (nSPS) is 15.6. The van der Waals surface area contributed by atoms with Gasteiger partial charge in [-0.1, -0.05) is 78.9 Å². The number of nitrogens with zero attached hydrogens (tertiary/aromatic N) is 3. The standard InChI is InChI=1S/C33H37N5O2/c1-24-22-30(28-16-10-11-17-29(28)34-24)36-32(40)35-27-18-20-38(23-27)21-19-33(31(39)37(2)3,25-12-6-4-7-13-25)26-14-8-5-9-15-26/h4-17,22,27H,18-21,23H2,1-3H3,(H2,34,35,36,40)/t27-/m1/s1. The molecular formula is C33H37N5O2. The summed E-state index contributed by atoms with van der Waals surface area (Å²) < 4.78 is 0. The molecule has 3 aromatic carbocycles. The number of carbonyl (C=O) groups is 2. The number of likely N-dealkylation sites (tertiary alicyclic amines) is 1. The fourth-order valence-corrected chi connectivity index (χ4v) is 5.87. The van der Waals surface area contributed by atoms with Crippen LogP contribution in [0.3, 0.4) is 0 Å². The van der Waals surface area contributed by atoms with Crippen molar-refractivity contribution in [1.82, 2.24) is 20.1 Å². The average molecular weight is 536 g/mol. The summed E-state index contributed by atoms with van der Waals surface area (Å²) in [6, 6.07) is 29.7. The Kier molecular flexibility index (Phi) is 8.12. The maximum atomic E-state index is 13.9. The summed E-state index contributed by atoms with van der Waals surface area (Å²) in [5.41, 5.74) is 3.66. The lowest BCUT2D eigenvalue weighted by molar-refractivity contribution is -0.133. The highest BCUT2D eigenvalue weighted by molar-refractivity contribution is 6.00. The van der Waals surface area contributed by atoms with Gasteiger partial charge in [-0.25, -0.2) is 4.79 Å². The van der Waals surface area contributed by atoms with Gasteiger partial charge in [-0.3, -0.25) is 9.78 Å². The Hall–Kier alpha value is -4.23. The van der Waals surface area contributed by atoms with Crippen molar-refractivity contribution in [3.05, 3.63) is 108 Å². The van der Waals surface area contributed by atoms with Crippen LogP contribution in [-0.2, 0) is 10.2 Å². The van der Waals surface area contributed by atoms with Gasteiger partial charge in [0.1, 0.15) is 5.41 Å². The first-order chi connectivity index (χ1) is 19.4. The zero-order valence-corrected chi connectivity index (χ0v) is 23.4. The second kappa shape index (κ2) is 11.9. The van der Waals surface area contributed by atoms with Crippen molar-refractivity contribution >= 4 is 28.5 Å². The van der Waals surface area contributed by atoms with Crippen LogP contribution in [0, 0.1) is 6.92 Å². The van der Waals surface area contributed by atoms with Crippen LogP contribution in [0.2, 0.25) is 0 Å². The molecule has 2 heterocycles. The first-order valence-corrected chi connectivity index (χ1v) is 13.9. The van der Waals surface area contributed by atoms with Crippen molar-refractivity contribution in [1.29, 1.82) is 0 Å². The second-order valence-electron chi connectivity index (χ2n) is 10.8. The van der Waals surface area contributed by atoms with Gasteiger partial charge in [0, 0.05) is 44.3 Å². The highest BCUT2D eigenvalue weighted by Gasteiger charge is 2.43. The number of hydrogen-bond donors (Lipinski definition) is 2. The minimum Gasteiger partial charge on any atom is -0.348 e. The van der Waals surface area contributed by atoms with Gasteiger partial charge in [0.15, 0.2) is 0 Å². The number of nitrogens with one attached hydrogen (secondary N) is 2. The van der Waals surface area contributed by atoms with Crippen LogP contribution in [0.25, 0.3) is 10.9 Å². The van der Waals surface area contributed by atoms with E-state index in [1.807, 2.05) is 87.7 Å². The number of benzene rings is 3. The monoisotopic (exact) mass is 535 g/mol. The predicted octanol–water partition coefficient (Wildman–Crippen LogP) is 5.20. The largest absolute Gasteiger partial charge is 0.348 e. The van der Waals surface area contributed by atoms with Crippen LogP contribution in [0.1, 0.15) is 29.7 Å². The Morgan fingerprint density at radius 3 is 2.23 bits per heavy atom. The number of amides is 3. The van der Waals surface area contributed by atoms with Crippen LogP contribution in [0.5, 0.6) is 0 Å². The number of aryl methyl sites for hydroxylation is 1. The Morgan fingerprint density at radius 1 is 0.950 bits per heavy atom. The van der Waals surface area contributed by atoms with Crippen molar-refractivity contribution < 1.29 is 9.59 Å². The number of aromatic nitrogens is 1. The SMILES string of the molecule is Cc1cc(NC(=O)N[C@@H]2CCN(CCC(C(=O)N(C)C)(c3ccccc3)c3ccccc3)C2)c2ccccc2n1. The van der Waals surface area contributed by atoms with Crippen molar-refractivity contribution in [3.63, 3.8) is 0 Å². The van der Waals surface area contributed by atoms with E-state index in [1.165, 1.54) is 0 Å². The van der Waals surface area contributed by atoms with Crippen LogP contribution in [0.4, 0.5) is 10.5 Å². The van der Waals surface area contributed by atoms with Gasteiger partial charge in [-0.15, -0.1) is 0 Å². The average Bonchev–Trinajstić information content (AvgIpc) is 3.41. The molecule has 1 fully saturated rings. The minimum absolute atomic E-state index is 0.0293. The number of carbonyl (C=O) groups excluding carboxylic acids is 2. The van der Waals surface area contributed by atoms with E-state index in [-0.39, 0.29) is 18.0 Å². The van der Waals surface area contributed by atoms with Gasteiger partial charge in [-0.2, -0.15) is 0 Å². The molecule has 0 aliphatic carbocycles. The Balaban J connectivity index is 1.28. The molecule has 1 saturated heterocycles. The molecular weight excluding hydrogens is 498 g/mol. The zero-order chi connectivity index (χ0) is 28.1. The number of rotatable bonds is 8. The van der Waals surface area contributed by atoms with Crippen LogP contribution in [-0.4, -0.2) is 66.5 Å². The molecule has 1 aromatic heterocycles. The number of urea groups is 1. The highest BCUT2D eigenvalue weighted by Crippen LogP contribution is 2.38. The van der Waals surface area contributed by atoms with Crippen LogP contribution >= 0.6 is 0 Å². The van der Waals surface area contributed by atoms with E-state index >= 15 is 0 Å². The number of anilines is 1. The third-order valence-electron chi connectivity index (χ3n) is 7.81. The molecule has 1 atom stereocenters. The van der Waals surface area contributed by atoms with Crippen molar-refractivity contribution in [2.45, 2.75) is 31.2 Å². The van der Waals surface area contributed by atoms with Gasteiger partial charge in [-0.05, 0) is 49.6 Å². The molecule has 0 radical (unpaired) electrons. The summed E-state index contributed by atoms with van der Waals surface area (Å²) in [4.78, 5) is 35.5. The second-order valence-corrected chi connectivity index (χ2v) is 10.8. The third-order valence-corrected chi connectivity index (χ3v) is 7.81. The molecule has 2 N–H and O–H groups in total. The summed E-state index contributed by atoms with van der Waals surface area (Å²) >= 11 is 0. The maximum absolute atomic E-state index is 13.9. The van der Waals surface area contributed by atoms with Gasteiger partial charge >= 0.3 is 6.03 Å². The van der Waals surface area contributed by atoms with Crippen molar-refractivity contribution in [3.8, 4) is 0 Å². The summed E-state index contributed by atoms with van der Waals surface area (Å²) in [5.74, 6) is 0.0676. The van der Waals surface area contributed by atoms with E-state index in [2.05, 4.69) is 44.8 Å². The lowest BCUT2D eigenvalue weighted by Crippen LogP contribution is -2.47. The topological polar surface area (TPSA) is 77.6 Å². The fourth-order valence-electron chi connectivity index (χ4n) is 5.87. The highest BCUT2D eigenvalue weighted by atomic mass is 16.2. The maximum Gasteiger partial charge on any atom is 0.319 e. The molecule has 1 aliphatic rings. The first kappa shape index (κ1) is 27.3. The van der Waals surface area contributed by atoms with Gasteiger partial charge in [0.05, 0.1) is 11.2 Å². The lowest BCUT2D eigenvalue weighted by Gasteiger charge is -2.37. The van der Waals surface area contributed by atoms with E-state index in [9.17, 15) is 9.59 Å². The first-order valence-electron chi connectivity index (χ1n) is 13.9. The minimum atomic E-state index is -0.796. The lowest BCUT2D eigenvalue weighted by atomic mass is 9.70. The predicted molar refractivity (Wildman–Crippen MR) is 160 cm³/mol. The van der Waals surface area contributed by atoms with E-state index in [4.69, 9.17) is 0 Å². The summed E-state index contributed by atoms with van der Waals surface area (Å²) in [5, 5.41) is 7.11. The zero-order valence-electron chi connectivity index (χ0n) is 23.4.